The first kappa shape index (κ1) is 9.59. The first-order valence-corrected chi connectivity index (χ1v) is 4.76. The number of nitrogens with two attached hydrogens (primary N) is 1. The quantitative estimate of drug-likeness (QED) is 0.677. The summed E-state index contributed by atoms with van der Waals surface area (Å²) in [5.74, 6) is 0. The van der Waals surface area contributed by atoms with E-state index in [-0.39, 0.29) is 5.41 Å². The zero-order valence-electron chi connectivity index (χ0n) is 7.69. The van der Waals surface area contributed by atoms with Gasteiger partial charge in [0.25, 0.3) is 0 Å². The number of hydrogen-bond donors (Lipinski definition) is 1. The van der Waals surface area contributed by atoms with E-state index in [2.05, 4.69) is 48.8 Å². The standard InChI is InChI=1S/C10H14BrN/c1-10(2,3)7-4-5-9(12)8(11)6-7/h4-6H,12H2,1-3H3. The van der Waals surface area contributed by atoms with E-state index < -0.39 is 0 Å². The molecule has 2 heteroatoms. The Bertz CT molecular complexity index is 286. The third-order valence-electron chi connectivity index (χ3n) is 1.87. The Morgan fingerprint density at radius 2 is 1.83 bits per heavy atom. The maximum atomic E-state index is 5.69. The minimum atomic E-state index is 0.191. The summed E-state index contributed by atoms with van der Waals surface area (Å²) >= 11 is 3.41. The lowest BCUT2D eigenvalue weighted by Crippen LogP contribution is -2.10. The van der Waals surface area contributed by atoms with E-state index in [9.17, 15) is 0 Å². The lowest BCUT2D eigenvalue weighted by molar-refractivity contribution is 0.590. The van der Waals surface area contributed by atoms with Gasteiger partial charge in [0.1, 0.15) is 0 Å². The molecule has 0 amide bonds. The Morgan fingerprint density at radius 1 is 1.25 bits per heavy atom. The highest BCUT2D eigenvalue weighted by Gasteiger charge is 2.13. The van der Waals surface area contributed by atoms with Crippen LogP contribution in [0.2, 0.25) is 0 Å². The average molecular weight is 228 g/mol. The molecule has 0 aliphatic carbocycles. The topological polar surface area (TPSA) is 26.0 Å². The zero-order valence-corrected chi connectivity index (χ0v) is 9.27. The molecule has 0 aliphatic rings. The number of halogens is 1. The molecular weight excluding hydrogens is 214 g/mol. The molecule has 1 aromatic rings. The molecule has 0 saturated carbocycles. The molecular formula is C10H14BrN. The molecule has 1 aromatic carbocycles. The number of nitrogen functional groups attached to an aromatic ring is 1. The summed E-state index contributed by atoms with van der Waals surface area (Å²) in [7, 11) is 0. The van der Waals surface area contributed by atoms with Crippen molar-refractivity contribution in [1.29, 1.82) is 0 Å². The summed E-state index contributed by atoms with van der Waals surface area (Å²) < 4.78 is 0.981. The summed E-state index contributed by atoms with van der Waals surface area (Å²) in [6.07, 6.45) is 0. The van der Waals surface area contributed by atoms with E-state index >= 15 is 0 Å². The van der Waals surface area contributed by atoms with Gasteiger partial charge in [-0.3, -0.25) is 0 Å². The van der Waals surface area contributed by atoms with Crippen LogP contribution >= 0.6 is 15.9 Å². The van der Waals surface area contributed by atoms with Gasteiger partial charge in [0.15, 0.2) is 0 Å². The third-order valence-corrected chi connectivity index (χ3v) is 2.55. The molecule has 0 heterocycles. The van der Waals surface area contributed by atoms with Crippen LogP contribution in [0.15, 0.2) is 22.7 Å². The van der Waals surface area contributed by atoms with Crippen molar-refractivity contribution in [2.24, 2.45) is 0 Å². The van der Waals surface area contributed by atoms with Crippen LogP contribution in [0.25, 0.3) is 0 Å². The van der Waals surface area contributed by atoms with Crippen LogP contribution in [-0.2, 0) is 5.41 Å². The van der Waals surface area contributed by atoms with E-state index in [1.54, 1.807) is 0 Å². The van der Waals surface area contributed by atoms with Gasteiger partial charge in [-0.05, 0) is 39.0 Å². The molecule has 0 atom stereocenters. The van der Waals surface area contributed by atoms with Crippen LogP contribution in [0.1, 0.15) is 26.3 Å². The summed E-state index contributed by atoms with van der Waals surface area (Å²) in [4.78, 5) is 0. The molecule has 0 radical (unpaired) electrons. The molecule has 0 aliphatic heterocycles. The van der Waals surface area contributed by atoms with Crippen LogP contribution in [-0.4, -0.2) is 0 Å². The van der Waals surface area contributed by atoms with Gasteiger partial charge in [0, 0.05) is 10.2 Å². The molecule has 1 rings (SSSR count). The third kappa shape index (κ3) is 2.01. The van der Waals surface area contributed by atoms with Gasteiger partial charge in [-0.2, -0.15) is 0 Å². The molecule has 0 spiro atoms. The number of benzene rings is 1. The van der Waals surface area contributed by atoms with Crippen LogP contribution in [0.4, 0.5) is 5.69 Å². The second kappa shape index (κ2) is 3.09. The van der Waals surface area contributed by atoms with Crippen LogP contribution in [0.5, 0.6) is 0 Å². The van der Waals surface area contributed by atoms with Crippen molar-refractivity contribution in [3.05, 3.63) is 28.2 Å². The fraction of sp³-hybridized carbons (Fsp3) is 0.400. The van der Waals surface area contributed by atoms with E-state index in [0.717, 1.165) is 10.2 Å². The zero-order chi connectivity index (χ0) is 9.35. The second-order valence-corrected chi connectivity index (χ2v) is 4.84. The highest BCUT2D eigenvalue weighted by Crippen LogP contribution is 2.28. The normalized spacial score (nSPS) is 11.7. The maximum Gasteiger partial charge on any atom is 0.0458 e. The van der Waals surface area contributed by atoms with Crippen LogP contribution < -0.4 is 5.73 Å². The molecule has 12 heavy (non-hydrogen) atoms. The van der Waals surface area contributed by atoms with Crippen LogP contribution in [0.3, 0.4) is 0 Å². The largest absolute Gasteiger partial charge is 0.398 e. The van der Waals surface area contributed by atoms with Gasteiger partial charge in [0.05, 0.1) is 0 Å². The van der Waals surface area contributed by atoms with E-state index in [0.29, 0.717) is 0 Å². The predicted octanol–water partition coefficient (Wildman–Crippen LogP) is 3.33. The summed E-state index contributed by atoms with van der Waals surface area (Å²) in [5.41, 5.74) is 7.97. The van der Waals surface area contributed by atoms with Crippen molar-refractivity contribution < 1.29 is 0 Å². The van der Waals surface area contributed by atoms with E-state index in [1.165, 1.54) is 5.56 Å². The Morgan fingerprint density at radius 3 is 2.25 bits per heavy atom. The second-order valence-electron chi connectivity index (χ2n) is 3.99. The lowest BCUT2D eigenvalue weighted by Gasteiger charge is -2.19. The summed E-state index contributed by atoms with van der Waals surface area (Å²) in [6, 6.07) is 6.08. The first-order chi connectivity index (χ1) is 5.41. The SMILES string of the molecule is CC(C)(C)c1ccc(N)c(Br)c1. The van der Waals surface area contributed by atoms with Crippen molar-refractivity contribution >= 4 is 21.6 Å². The van der Waals surface area contributed by atoms with E-state index in [1.807, 2.05) is 6.07 Å². The van der Waals surface area contributed by atoms with Gasteiger partial charge in [-0.1, -0.05) is 26.8 Å². The number of rotatable bonds is 0. The highest BCUT2D eigenvalue weighted by atomic mass is 79.9. The van der Waals surface area contributed by atoms with Crippen molar-refractivity contribution in [2.45, 2.75) is 26.2 Å². The molecule has 0 saturated heterocycles. The molecule has 2 N–H and O–H groups in total. The van der Waals surface area contributed by atoms with Gasteiger partial charge >= 0.3 is 0 Å². The summed E-state index contributed by atoms with van der Waals surface area (Å²) in [5, 5.41) is 0. The molecule has 0 aromatic heterocycles. The maximum absolute atomic E-state index is 5.69. The molecule has 0 bridgehead atoms. The van der Waals surface area contributed by atoms with Crippen molar-refractivity contribution in [3.63, 3.8) is 0 Å². The van der Waals surface area contributed by atoms with Gasteiger partial charge in [-0.25, -0.2) is 0 Å². The molecule has 1 nitrogen and oxygen atoms in total. The van der Waals surface area contributed by atoms with Gasteiger partial charge < -0.3 is 5.73 Å². The van der Waals surface area contributed by atoms with Crippen LogP contribution in [0, 0.1) is 0 Å². The first-order valence-electron chi connectivity index (χ1n) is 3.97. The number of anilines is 1. The van der Waals surface area contributed by atoms with Crippen molar-refractivity contribution in [2.75, 3.05) is 5.73 Å². The Hall–Kier alpha value is -0.500. The van der Waals surface area contributed by atoms with E-state index in [4.69, 9.17) is 5.73 Å². The Kier molecular flexibility index (Phi) is 2.47. The summed E-state index contributed by atoms with van der Waals surface area (Å²) in [6.45, 7) is 6.56. The molecule has 66 valence electrons. The fourth-order valence-corrected chi connectivity index (χ4v) is 1.37. The molecule has 0 unspecified atom stereocenters. The molecule has 0 fully saturated rings. The average Bonchev–Trinajstić information content (AvgIpc) is 1.92. The minimum Gasteiger partial charge on any atom is -0.398 e. The highest BCUT2D eigenvalue weighted by molar-refractivity contribution is 9.10. The van der Waals surface area contributed by atoms with Crippen molar-refractivity contribution in [3.8, 4) is 0 Å². The number of hydrogen-bond acceptors (Lipinski definition) is 1. The monoisotopic (exact) mass is 227 g/mol. The van der Waals surface area contributed by atoms with Gasteiger partial charge in [0.2, 0.25) is 0 Å². The van der Waals surface area contributed by atoms with Crippen molar-refractivity contribution in [1.82, 2.24) is 0 Å². The smallest absolute Gasteiger partial charge is 0.0458 e. The minimum absolute atomic E-state index is 0.191. The van der Waals surface area contributed by atoms with Gasteiger partial charge in [-0.15, -0.1) is 0 Å². The lowest BCUT2D eigenvalue weighted by atomic mass is 9.87. The fourth-order valence-electron chi connectivity index (χ4n) is 0.994. The Balaban J connectivity index is 3.14. The predicted molar refractivity (Wildman–Crippen MR) is 57.3 cm³/mol. The Labute approximate surface area is 82.1 Å².